The van der Waals surface area contributed by atoms with Crippen molar-refractivity contribution in [3.8, 4) is 0 Å². The second-order valence-electron chi connectivity index (χ2n) is 5.79. The largest absolute Gasteiger partial charge is 0.368 e. The van der Waals surface area contributed by atoms with Crippen molar-refractivity contribution in [1.29, 1.82) is 0 Å². The molecule has 1 N–H and O–H groups in total. The molecule has 0 saturated carbocycles. The first-order chi connectivity index (χ1) is 11.7. The third-order valence-corrected chi connectivity index (χ3v) is 4.62. The van der Waals surface area contributed by atoms with Crippen LogP contribution in [0.2, 0.25) is 5.02 Å². The van der Waals surface area contributed by atoms with Gasteiger partial charge in [0.1, 0.15) is 0 Å². The third-order valence-electron chi connectivity index (χ3n) is 4.29. The molecular weight excluding hydrogens is 324 g/mol. The second kappa shape index (κ2) is 7.64. The van der Waals surface area contributed by atoms with Crippen molar-refractivity contribution in [3.05, 3.63) is 53.3 Å². The first-order valence-corrected chi connectivity index (χ1v) is 8.53. The van der Waals surface area contributed by atoms with Crippen LogP contribution in [0.4, 0.5) is 11.4 Å². The van der Waals surface area contributed by atoms with Crippen molar-refractivity contribution in [2.24, 2.45) is 0 Å². The SMILES string of the molecule is CCN1CCN(c2cncc(C(=O)Nc3ccccc3Cl)c2)CC1. The highest BCUT2D eigenvalue weighted by molar-refractivity contribution is 6.33. The number of anilines is 2. The van der Waals surface area contributed by atoms with Gasteiger partial charge in [-0.15, -0.1) is 0 Å². The summed E-state index contributed by atoms with van der Waals surface area (Å²) in [6.07, 6.45) is 3.39. The molecule has 0 unspecified atom stereocenters. The van der Waals surface area contributed by atoms with Gasteiger partial charge in [-0.2, -0.15) is 0 Å². The van der Waals surface area contributed by atoms with Crippen LogP contribution in [0.1, 0.15) is 17.3 Å². The fourth-order valence-corrected chi connectivity index (χ4v) is 2.99. The number of halogens is 1. The number of rotatable bonds is 4. The summed E-state index contributed by atoms with van der Waals surface area (Å²) in [5.74, 6) is -0.204. The summed E-state index contributed by atoms with van der Waals surface area (Å²) in [5.41, 5.74) is 2.12. The van der Waals surface area contributed by atoms with Gasteiger partial charge in [0.05, 0.1) is 28.2 Å². The van der Waals surface area contributed by atoms with E-state index in [1.165, 1.54) is 0 Å². The topological polar surface area (TPSA) is 48.5 Å². The van der Waals surface area contributed by atoms with E-state index in [-0.39, 0.29) is 5.91 Å². The fraction of sp³-hybridized carbons (Fsp3) is 0.333. The minimum Gasteiger partial charge on any atom is -0.368 e. The predicted octanol–water partition coefficient (Wildman–Crippen LogP) is 3.13. The molecule has 2 aromatic rings. The zero-order chi connectivity index (χ0) is 16.9. The summed E-state index contributed by atoms with van der Waals surface area (Å²) >= 11 is 6.09. The Morgan fingerprint density at radius 1 is 1.21 bits per heavy atom. The molecule has 1 fully saturated rings. The van der Waals surface area contributed by atoms with Gasteiger partial charge in [0, 0.05) is 32.4 Å². The summed E-state index contributed by atoms with van der Waals surface area (Å²) in [5, 5.41) is 3.35. The molecule has 1 aromatic heterocycles. The number of aromatic nitrogens is 1. The van der Waals surface area contributed by atoms with E-state index in [2.05, 4.69) is 27.0 Å². The van der Waals surface area contributed by atoms with Gasteiger partial charge < -0.3 is 15.1 Å². The molecule has 1 aromatic carbocycles. The van der Waals surface area contributed by atoms with E-state index in [1.54, 1.807) is 18.3 Å². The first-order valence-electron chi connectivity index (χ1n) is 8.15. The minimum atomic E-state index is -0.204. The van der Waals surface area contributed by atoms with E-state index in [0.29, 0.717) is 16.3 Å². The average Bonchev–Trinajstić information content (AvgIpc) is 2.64. The quantitative estimate of drug-likeness (QED) is 0.925. The number of carbonyl (C=O) groups excluding carboxylic acids is 1. The highest BCUT2D eigenvalue weighted by Crippen LogP contribution is 2.22. The normalized spacial score (nSPS) is 15.3. The number of hydrogen-bond acceptors (Lipinski definition) is 4. The zero-order valence-electron chi connectivity index (χ0n) is 13.7. The molecule has 1 aliphatic heterocycles. The molecule has 1 amide bonds. The Morgan fingerprint density at radius 2 is 1.96 bits per heavy atom. The molecule has 0 atom stereocenters. The van der Waals surface area contributed by atoms with Gasteiger partial charge in [-0.1, -0.05) is 30.7 Å². The summed E-state index contributed by atoms with van der Waals surface area (Å²) in [7, 11) is 0. The molecule has 1 aliphatic rings. The molecule has 0 bridgehead atoms. The van der Waals surface area contributed by atoms with Gasteiger partial charge in [-0.3, -0.25) is 9.78 Å². The first kappa shape index (κ1) is 16.7. The Hall–Kier alpha value is -2.11. The average molecular weight is 345 g/mol. The number of likely N-dealkylation sites (N-methyl/N-ethyl adjacent to an activating group) is 1. The second-order valence-corrected chi connectivity index (χ2v) is 6.19. The summed E-state index contributed by atoms with van der Waals surface area (Å²) in [6, 6.07) is 9.08. The van der Waals surface area contributed by atoms with Crippen molar-refractivity contribution in [2.75, 3.05) is 42.9 Å². The number of hydrogen-bond donors (Lipinski definition) is 1. The van der Waals surface area contributed by atoms with Crippen molar-refractivity contribution in [3.63, 3.8) is 0 Å². The van der Waals surface area contributed by atoms with Crippen LogP contribution in [-0.2, 0) is 0 Å². The Balaban J connectivity index is 1.71. The van der Waals surface area contributed by atoms with E-state index in [0.717, 1.165) is 38.4 Å². The van der Waals surface area contributed by atoms with Gasteiger partial charge in [-0.25, -0.2) is 0 Å². The number of benzene rings is 1. The monoisotopic (exact) mass is 344 g/mol. The maximum absolute atomic E-state index is 12.5. The molecule has 126 valence electrons. The zero-order valence-corrected chi connectivity index (χ0v) is 14.5. The number of carbonyl (C=O) groups is 1. The van der Waals surface area contributed by atoms with Gasteiger partial charge in [0.2, 0.25) is 0 Å². The van der Waals surface area contributed by atoms with Crippen LogP contribution < -0.4 is 10.2 Å². The lowest BCUT2D eigenvalue weighted by molar-refractivity contribution is 0.102. The van der Waals surface area contributed by atoms with E-state index >= 15 is 0 Å². The molecule has 0 spiro atoms. The highest BCUT2D eigenvalue weighted by Gasteiger charge is 2.17. The standard InChI is InChI=1S/C18H21ClN4O/c1-2-22-7-9-23(10-8-22)15-11-14(12-20-13-15)18(24)21-17-6-4-3-5-16(17)19/h3-6,11-13H,2,7-10H2,1H3,(H,21,24). The molecule has 0 aliphatic carbocycles. The van der Waals surface area contributed by atoms with Crippen LogP contribution in [-0.4, -0.2) is 48.5 Å². The maximum Gasteiger partial charge on any atom is 0.257 e. The Kier molecular flexibility index (Phi) is 5.33. The molecular formula is C18H21ClN4O. The number of amides is 1. The van der Waals surface area contributed by atoms with Crippen LogP contribution in [0.25, 0.3) is 0 Å². The van der Waals surface area contributed by atoms with Gasteiger partial charge in [-0.05, 0) is 24.7 Å². The third kappa shape index (κ3) is 3.86. The van der Waals surface area contributed by atoms with E-state index < -0.39 is 0 Å². The molecule has 2 heterocycles. The highest BCUT2D eigenvalue weighted by atomic mass is 35.5. The van der Waals surface area contributed by atoms with Gasteiger partial charge in [0.15, 0.2) is 0 Å². The van der Waals surface area contributed by atoms with E-state index in [1.807, 2.05) is 24.4 Å². The van der Waals surface area contributed by atoms with Crippen LogP contribution in [0, 0.1) is 0 Å². The molecule has 1 saturated heterocycles. The number of pyridine rings is 1. The summed E-state index contributed by atoms with van der Waals surface area (Å²) < 4.78 is 0. The Bertz CT molecular complexity index is 714. The van der Waals surface area contributed by atoms with Gasteiger partial charge >= 0.3 is 0 Å². The maximum atomic E-state index is 12.5. The number of piperazine rings is 1. The molecule has 3 rings (SSSR count). The number of nitrogens with one attached hydrogen (secondary N) is 1. The lowest BCUT2D eigenvalue weighted by atomic mass is 10.2. The Labute approximate surface area is 147 Å². The molecule has 24 heavy (non-hydrogen) atoms. The molecule has 5 nitrogen and oxygen atoms in total. The van der Waals surface area contributed by atoms with Crippen LogP contribution in [0.3, 0.4) is 0 Å². The van der Waals surface area contributed by atoms with Crippen molar-refractivity contribution >= 4 is 28.9 Å². The minimum absolute atomic E-state index is 0.204. The Morgan fingerprint density at radius 3 is 2.67 bits per heavy atom. The lowest BCUT2D eigenvalue weighted by Crippen LogP contribution is -2.46. The van der Waals surface area contributed by atoms with Crippen LogP contribution >= 0.6 is 11.6 Å². The summed E-state index contributed by atoms with van der Waals surface area (Å²) in [4.78, 5) is 21.4. The lowest BCUT2D eigenvalue weighted by Gasteiger charge is -2.35. The van der Waals surface area contributed by atoms with Gasteiger partial charge in [0.25, 0.3) is 5.91 Å². The number of nitrogens with zero attached hydrogens (tertiary/aromatic N) is 3. The smallest absolute Gasteiger partial charge is 0.257 e. The molecule has 0 radical (unpaired) electrons. The molecule has 6 heteroatoms. The summed E-state index contributed by atoms with van der Waals surface area (Å²) in [6.45, 7) is 7.22. The van der Waals surface area contributed by atoms with Crippen molar-refractivity contribution < 1.29 is 4.79 Å². The van der Waals surface area contributed by atoms with E-state index in [4.69, 9.17) is 11.6 Å². The number of para-hydroxylation sites is 1. The fourth-order valence-electron chi connectivity index (χ4n) is 2.80. The van der Waals surface area contributed by atoms with Crippen LogP contribution in [0.15, 0.2) is 42.7 Å². The van der Waals surface area contributed by atoms with E-state index in [9.17, 15) is 4.79 Å². The van der Waals surface area contributed by atoms with Crippen molar-refractivity contribution in [1.82, 2.24) is 9.88 Å². The van der Waals surface area contributed by atoms with Crippen molar-refractivity contribution in [2.45, 2.75) is 6.92 Å². The predicted molar refractivity (Wildman–Crippen MR) is 98.0 cm³/mol. The van der Waals surface area contributed by atoms with Crippen LogP contribution in [0.5, 0.6) is 0 Å².